The first-order chi connectivity index (χ1) is 8.06. The second-order valence-corrected chi connectivity index (χ2v) is 5.69. The highest BCUT2D eigenvalue weighted by Gasteiger charge is 2.47. The predicted octanol–water partition coefficient (Wildman–Crippen LogP) is 1.41. The SMILES string of the molecule is CN1CCC(N(C)C2(C(=O)O)CCCC2)CC1. The summed E-state index contributed by atoms with van der Waals surface area (Å²) in [5.41, 5.74) is -0.569. The number of aliphatic carboxylic acids is 1. The summed E-state index contributed by atoms with van der Waals surface area (Å²) in [6.07, 6.45) is 5.97. The zero-order valence-electron chi connectivity index (χ0n) is 11.0. The predicted molar refractivity (Wildman–Crippen MR) is 67.1 cm³/mol. The molecule has 0 unspecified atom stereocenters. The zero-order valence-corrected chi connectivity index (χ0v) is 11.0. The summed E-state index contributed by atoms with van der Waals surface area (Å²) in [7, 11) is 4.16. The van der Waals surface area contributed by atoms with Crippen LogP contribution in [0.1, 0.15) is 38.5 Å². The lowest BCUT2D eigenvalue weighted by atomic mass is 9.91. The largest absolute Gasteiger partial charge is 0.480 e. The number of carboxylic acids is 1. The highest BCUT2D eigenvalue weighted by molar-refractivity contribution is 5.79. The number of carboxylic acid groups (broad SMARTS) is 1. The van der Waals surface area contributed by atoms with Crippen molar-refractivity contribution in [2.24, 2.45) is 0 Å². The summed E-state index contributed by atoms with van der Waals surface area (Å²) in [5, 5.41) is 9.56. The van der Waals surface area contributed by atoms with E-state index in [1.807, 2.05) is 7.05 Å². The molecular weight excluding hydrogens is 216 g/mol. The molecule has 0 radical (unpaired) electrons. The van der Waals surface area contributed by atoms with Gasteiger partial charge < -0.3 is 10.0 Å². The molecule has 1 saturated carbocycles. The van der Waals surface area contributed by atoms with Gasteiger partial charge in [-0.25, -0.2) is 0 Å². The molecule has 1 heterocycles. The van der Waals surface area contributed by atoms with Crippen molar-refractivity contribution in [3.63, 3.8) is 0 Å². The minimum atomic E-state index is -0.614. The fraction of sp³-hybridized carbons (Fsp3) is 0.923. The quantitative estimate of drug-likeness (QED) is 0.810. The van der Waals surface area contributed by atoms with Gasteiger partial charge in [0.15, 0.2) is 0 Å². The Kier molecular flexibility index (Phi) is 3.73. The van der Waals surface area contributed by atoms with Gasteiger partial charge in [0, 0.05) is 6.04 Å². The van der Waals surface area contributed by atoms with Gasteiger partial charge in [-0.1, -0.05) is 12.8 Å². The second-order valence-electron chi connectivity index (χ2n) is 5.69. The average molecular weight is 240 g/mol. The molecule has 4 heteroatoms. The van der Waals surface area contributed by atoms with Crippen molar-refractivity contribution in [3.8, 4) is 0 Å². The minimum absolute atomic E-state index is 0.445. The van der Waals surface area contributed by atoms with E-state index in [-0.39, 0.29) is 0 Å². The first-order valence-corrected chi connectivity index (χ1v) is 6.71. The Morgan fingerprint density at radius 1 is 1.29 bits per heavy atom. The molecule has 1 saturated heterocycles. The molecule has 4 nitrogen and oxygen atoms in total. The smallest absolute Gasteiger partial charge is 0.324 e. The fourth-order valence-electron chi connectivity index (χ4n) is 3.41. The Morgan fingerprint density at radius 2 is 1.82 bits per heavy atom. The van der Waals surface area contributed by atoms with Gasteiger partial charge >= 0.3 is 5.97 Å². The highest BCUT2D eigenvalue weighted by Crippen LogP contribution is 2.37. The number of likely N-dealkylation sites (tertiary alicyclic amines) is 1. The Bertz CT molecular complexity index is 279. The Hall–Kier alpha value is -0.610. The van der Waals surface area contributed by atoms with Gasteiger partial charge in [-0.05, 0) is 52.9 Å². The maximum atomic E-state index is 11.6. The molecule has 0 amide bonds. The van der Waals surface area contributed by atoms with Gasteiger partial charge in [0.25, 0.3) is 0 Å². The van der Waals surface area contributed by atoms with Gasteiger partial charge in [-0.2, -0.15) is 0 Å². The first kappa shape index (κ1) is 12.8. The van der Waals surface area contributed by atoms with Crippen molar-refractivity contribution in [1.29, 1.82) is 0 Å². The fourth-order valence-corrected chi connectivity index (χ4v) is 3.41. The van der Waals surface area contributed by atoms with Crippen molar-refractivity contribution >= 4 is 5.97 Å². The van der Waals surface area contributed by atoms with Crippen molar-refractivity contribution < 1.29 is 9.90 Å². The number of piperidine rings is 1. The molecule has 0 bridgehead atoms. The molecule has 1 aliphatic carbocycles. The highest BCUT2D eigenvalue weighted by atomic mass is 16.4. The van der Waals surface area contributed by atoms with Gasteiger partial charge in [0.05, 0.1) is 0 Å². The van der Waals surface area contributed by atoms with Crippen LogP contribution in [0.15, 0.2) is 0 Å². The Labute approximate surface area is 104 Å². The first-order valence-electron chi connectivity index (χ1n) is 6.71. The molecule has 0 aromatic heterocycles. The summed E-state index contributed by atoms with van der Waals surface area (Å²) < 4.78 is 0. The van der Waals surface area contributed by atoms with E-state index in [0.717, 1.165) is 51.6 Å². The van der Waals surface area contributed by atoms with E-state index < -0.39 is 11.5 Å². The second kappa shape index (κ2) is 4.94. The topological polar surface area (TPSA) is 43.8 Å². The van der Waals surface area contributed by atoms with E-state index in [0.29, 0.717) is 6.04 Å². The lowest BCUT2D eigenvalue weighted by molar-refractivity contribution is -0.152. The number of likely N-dealkylation sites (N-methyl/N-ethyl adjacent to an activating group) is 1. The van der Waals surface area contributed by atoms with Gasteiger partial charge in [-0.3, -0.25) is 9.69 Å². The molecule has 2 fully saturated rings. The average Bonchev–Trinajstić information content (AvgIpc) is 2.79. The van der Waals surface area contributed by atoms with Gasteiger partial charge in [-0.15, -0.1) is 0 Å². The van der Waals surface area contributed by atoms with Crippen LogP contribution in [0.2, 0.25) is 0 Å². The third-order valence-electron chi connectivity index (χ3n) is 4.74. The van der Waals surface area contributed by atoms with Crippen LogP contribution in [-0.4, -0.2) is 59.6 Å². The van der Waals surface area contributed by atoms with Crippen molar-refractivity contribution in [1.82, 2.24) is 9.80 Å². The molecule has 17 heavy (non-hydrogen) atoms. The van der Waals surface area contributed by atoms with Crippen LogP contribution in [0.5, 0.6) is 0 Å². The molecule has 0 spiro atoms. The van der Waals surface area contributed by atoms with Crippen LogP contribution in [0.4, 0.5) is 0 Å². The summed E-state index contributed by atoms with van der Waals surface area (Å²) in [6.45, 7) is 2.18. The van der Waals surface area contributed by atoms with Gasteiger partial charge in [0.2, 0.25) is 0 Å². The van der Waals surface area contributed by atoms with Crippen LogP contribution >= 0.6 is 0 Å². The molecule has 1 aliphatic heterocycles. The van der Waals surface area contributed by atoms with E-state index in [4.69, 9.17) is 0 Å². The number of hydrogen-bond acceptors (Lipinski definition) is 3. The molecule has 0 atom stereocenters. The van der Waals surface area contributed by atoms with E-state index in [1.54, 1.807) is 0 Å². The van der Waals surface area contributed by atoms with Crippen LogP contribution in [0.25, 0.3) is 0 Å². The molecule has 2 aliphatic rings. The van der Waals surface area contributed by atoms with E-state index in [9.17, 15) is 9.90 Å². The van der Waals surface area contributed by atoms with E-state index in [2.05, 4.69) is 16.8 Å². The Morgan fingerprint density at radius 3 is 2.29 bits per heavy atom. The third kappa shape index (κ3) is 2.33. The maximum Gasteiger partial charge on any atom is 0.324 e. The molecule has 0 aromatic rings. The summed E-state index contributed by atoms with van der Waals surface area (Å²) >= 11 is 0. The normalized spacial score (nSPS) is 26.5. The van der Waals surface area contributed by atoms with Crippen molar-refractivity contribution in [2.75, 3.05) is 27.2 Å². The summed E-state index contributed by atoms with van der Waals surface area (Å²) in [5.74, 6) is -0.614. The summed E-state index contributed by atoms with van der Waals surface area (Å²) in [6, 6.07) is 0.445. The third-order valence-corrected chi connectivity index (χ3v) is 4.74. The number of nitrogens with zero attached hydrogens (tertiary/aromatic N) is 2. The van der Waals surface area contributed by atoms with Crippen LogP contribution in [0, 0.1) is 0 Å². The minimum Gasteiger partial charge on any atom is -0.480 e. The molecule has 0 aromatic carbocycles. The number of carbonyl (C=O) groups is 1. The molecular formula is C13H24N2O2. The van der Waals surface area contributed by atoms with Crippen LogP contribution < -0.4 is 0 Å². The summed E-state index contributed by atoms with van der Waals surface area (Å²) in [4.78, 5) is 16.1. The molecule has 1 N–H and O–H groups in total. The van der Waals surface area contributed by atoms with E-state index in [1.165, 1.54) is 0 Å². The number of hydrogen-bond donors (Lipinski definition) is 1. The maximum absolute atomic E-state index is 11.6. The van der Waals surface area contributed by atoms with Gasteiger partial charge in [0.1, 0.15) is 5.54 Å². The van der Waals surface area contributed by atoms with Crippen molar-refractivity contribution in [3.05, 3.63) is 0 Å². The monoisotopic (exact) mass is 240 g/mol. The molecule has 98 valence electrons. The number of rotatable bonds is 3. The van der Waals surface area contributed by atoms with Crippen LogP contribution in [0.3, 0.4) is 0 Å². The van der Waals surface area contributed by atoms with Crippen LogP contribution in [-0.2, 0) is 4.79 Å². The van der Waals surface area contributed by atoms with E-state index >= 15 is 0 Å². The Balaban J connectivity index is 2.06. The standard InChI is InChI=1S/C13H24N2O2/c1-14-9-5-11(6-10-14)15(2)13(12(16)17)7-3-4-8-13/h11H,3-10H2,1-2H3,(H,16,17). The zero-order chi connectivity index (χ0) is 12.5. The lowest BCUT2D eigenvalue weighted by Gasteiger charge is -2.43. The van der Waals surface area contributed by atoms with Crippen molar-refractivity contribution in [2.45, 2.75) is 50.1 Å². The lowest BCUT2D eigenvalue weighted by Crippen LogP contribution is -2.57. The molecule has 2 rings (SSSR count).